The Kier molecular flexibility index (Phi) is 7.22. The van der Waals surface area contributed by atoms with Crippen molar-refractivity contribution in [3.8, 4) is 11.4 Å². The van der Waals surface area contributed by atoms with Crippen molar-refractivity contribution in [1.29, 1.82) is 0 Å². The van der Waals surface area contributed by atoms with Crippen LogP contribution in [0.4, 0.5) is 8.78 Å². The van der Waals surface area contributed by atoms with Crippen LogP contribution < -0.4 is 4.74 Å². The summed E-state index contributed by atoms with van der Waals surface area (Å²) in [7, 11) is 1.62. The number of carbonyl (C=O) groups excluding carboxylic acids is 1. The van der Waals surface area contributed by atoms with Gasteiger partial charge < -0.3 is 18.6 Å². The van der Waals surface area contributed by atoms with E-state index >= 15 is 0 Å². The van der Waals surface area contributed by atoms with Crippen molar-refractivity contribution in [1.82, 2.24) is 19.3 Å². The number of benzene rings is 1. The van der Waals surface area contributed by atoms with E-state index < -0.39 is 6.61 Å². The van der Waals surface area contributed by atoms with Crippen molar-refractivity contribution < 1.29 is 23.0 Å². The highest BCUT2D eigenvalue weighted by Gasteiger charge is 2.18. The Hall–Kier alpha value is -2.72. The summed E-state index contributed by atoms with van der Waals surface area (Å²) in [5.41, 5.74) is 3.02. The van der Waals surface area contributed by atoms with Gasteiger partial charge in [-0.05, 0) is 44.2 Å². The number of methoxy groups -OCH3 is 1. The Morgan fingerprint density at radius 3 is 2.63 bits per heavy atom. The minimum atomic E-state index is -2.87. The summed E-state index contributed by atoms with van der Waals surface area (Å²) >= 11 is 1.32. The van der Waals surface area contributed by atoms with E-state index in [1.165, 1.54) is 23.9 Å². The summed E-state index contributed by atoms with van der Waals surface area (Å²) in [6.45, 7) is 2.02. The second-order valence-electron chi connectivity index (χ2n) is 6.50. The third-order valence-corrected chi connectivity index (χ3v) is 5.48. The normalized spacial score (nSPS) is 11.3. The Bertz CT molecular complexity index is 1000. The summed E-state index contributed by atoms with van der Waals surface area (Å²) in [6, 6.07) is 8.14. The Labute approximate surface area is 177 Å². The number of ether oxygens (including phenoxy) is 2. The molecule has 1 aromatic carbocycles. The lowest BCUT2D eigenvalue weighted by atomic mass is 10.2. The highest BCUT2D eigenvalue weighted by molar-refractivity contribution is 7.99. The second-order valence-corrected chi connectivity index (χ2v) is 7.45. The average Bonchev–Trinajstić information content (AvgIpc) is 3.28. The predicted octanol–water partition coefficient (Wildman–Crippen LogP) is 3.91. The van der Waals surface area contributed by atoms with Crippen LogP contribution in [-0.4, -0.2) is 51.2 Å². The number of aryl methyl sites for hydroxylation is 1. The van der Waals surface area contributed by atoms with E-state index in [1.807, 2.05) is 29.0 Å². The van der Waals surface area contributed by atoms with Gasteiger partial charge in [0.05, 0.1) is 12.4 Å². The topological polar surface area (TPSA) is 71.2 Å². The summed E-state index contributed by atoms with van der Waals surface area (Å²) in [5, 5.41) is 8.60. The maximum Gasteiger partial charge on any atom is 0.387 e. The molecule has 0 saturated heterocycles. The summed E-state index contributed by atoms with van der Waals surface area (Å²) in [4.78, 5) is 12.8. The SMILES string of the molecule is COCCn1cnnc1SCC(=O)c1cc(C)n(-c2ccc(OC(F)F)cc2)c1C. The number of hydrogen-bond acceptors (Lipinski definition) is 6. The van der Waals surface area contributed by atoms with Crippen LogP contribution in [0.25, 0.3) is 5.69 Å². The monoisotopic (exact) mass is 436 g/mol. The summed E-state index contributed by atoms with van der Waals surface area (Å²) in [6.07, 6.45) is 1.61. The van der Waals surface area contributed by atoms with E-state index in [1.54, 1.807) is 25.6 Å². The largest absolute Gasteiger partial charge is 0.435 e. The molecule has 0 aliphatic heterocycles. The van der Waals surface area contributed by atoms with Gasteiger partial charge in [-0.2, -0.15) is 8.78 Å². The maximum absolute atomic E-state index is 12.8. The number of aromatic nitrogens is 4. The van der Waals surface area contributed by atoms with Crippen LogP contribution in [0.15, 0.2) is 41.8 Å². The first kappa shape index (κ1) is 22.0. The molecular weight excluding hydrogens is 414 g/mol. The minimum absolute atomic E-state index is 0.0294. The van der Waals surface area contributed by atoms with E-state index in [9.17, 15) is 13.6 Å². The number of Topliss-reactive ketones (excluding diaryl/α,β-unsaturated/α-hetero) is 1. The van der Waals surface area contributed by atoms with Crippen LogP contribution in [0.3, 0.4) is 0 Å². The van der Waals surface area contributed by atoms with E-state index in [0.29, 0.717) is 23.9 Å². The summed E-state index contributed by atoms with van der Waals surface area (Å²) < 4.78 is 37.9. The van der Waals surface area contributed by atoms with E-state index in [2.05, 4.69) is 14.9 Å². The van der Waals surface area contributed by atoms with Gasteiger partial charge in [0.1, 0.15) is 12.1 Å². The highest BCUT2D eigenvalue weighted by atomic mass is 32.2. The molecule has 3 rings (SSSR count). The van der Waals surface area contributed by atoms with Gasteiger partial charge in [0, 0.05) is 36.3 Å². The molecule has 0 radical (unpaired) electrons. The van der Waals surface area contributed by atoms with Gasteiger partial charge in [-0.3, -0.25) is 4.79 Å². The third kappa shape index (κ3) is 5.06. The number of nitrogens with zero attached hydrogens (tertiary/aromatic N) is 4. The van der Waals surface area contributed by atoms with Crippen LogP contribution in [0.5, 0.6) is 5.75 Å². The molecule has 0 aliphatic carbocycles. The van der Waals surface area contributed by atoms with Crippen molar-refractivity contribution in [2.45, 2.75) is 32.2 Å². The fourth-order valence-electron chi connectivity index (χ4n) is 3.13. The molecular formula is C20H22F2N4O3S. The third-order valence-electron chi connectivity index (χ3n) is 4.50. The van der Waals surface area contributed by atoms with Crippen LogP contribution in [0, 0.1) is 13.8 Å². The minimum Gasteiger partial charge on any atom is -0.435 e. The first-order valence-electron chi connectivity index (χ1n) is 9.17. The van der Waals surface area contributed by atoms with Crippen molar-refractivity contribution >= 4 is 17.5 Å². The molecule has 2 heterocycles. The molecule has 0 N–H and O–H groups in total. The van der Waals surface area contributed by atoms with Crippen LogP contribution >= 0.6 is 11.8 Å². The zero-order chi connectivity index (χ0) is 21.7. The molecule has 0 aliphatic rings. The van der Waals surface area contributed by atoms with E-state index in [0.717, 1.165) is 17.1 Å². The zero-order valence-corrected chi connectivity index (χ0v) is 17.7. The van der Waals surface area contributed by atoms with E-state index in [-0.39, 0.29) is 17.3 Å². The number of thioether (sulfide) groups is 1. The van der Waals surface area contributed by atoms with Crippen LogP contribution in [0.2, 0.25) is 0 Å². The fourth-order valence-corrected chi connectivity index (χ4v) is 3.95. The van der Waals surface area contributed by atoms with Crippen molar-refractivity contribution in [2.24, 2.45) is 0 Å². The van der Waals surface area contributed by atoms with Gasteiger partial charge in [-0.25, -0.2) is 0 Å². The molecule has 0 unspecified atom stereocenters. The number of alkyl halides is 2. The number of ketones is 1. The lowest BCUT2D eigenvalue weighted by Gasteiger charge is -2.11. The molecule has 10 heteroatoms. The Morgan fingerprint density at radius 1 is 1.23 bits per heavy atom. The molecule has 0 bridgehead atoms. The Balaban J connectivity index is 1.73. The molecule has 3 aromatic rings. The molecule has 30 heavy (non-hydrogen) atoms. The molecule has 0 saturated carbocycles. The second kappa shape index (κ2) is 9.86. The molecule has 0 atom stereocenters. The average molecular weight is 436 g/mol. The van der Waals surface area contributed by atoms with E-state index in [4.69, 9.17) is 4.74 Å². The first-order chi connectivity index (χ1) is 14.4. The molecule has 160 valence electrons. The van der Waals surface area contributed by atoms with Gasteiger partial charge in [0.2, 0.25) is 0 Å². The first-order valence-corrected chi connectivity index (χ1v) is 10.2. The number of hydrogen-bond donors (Lipinski definition) is 0. The number of rotatable bonds is 10. The molecule has 0 amide bonds. The molecule has 7 nitrogen and oxygen atoms in total. The van der Waals surface area contributed by atoms with Gasteiger partial charge >= 0.3 is 6.61 Å². The lowest BCUT2D eigenvalue weighted by molar-refractivity contribution is -0.0498. The highest BCUT2D eigenvalue weighted by Crippen LogP contribution is 2.25. The van der Waals surface area contributed by atoms with Crippen molar-refractivity contribution in [2.75, 3.05) is 19.5 Å². The van der Waals surface area contributed by atoms with Crippen LogP contribution in [-0.2, 0) is 11.3 Å². The van der Waals surface area contributed by atoms with Gasteiger partial charge in [-0.1, -0.05) is 11.8 Å². The molecule has 0 spiro atoms. The fraction of sp³-hybridized carbons (Fsp3) is 0.350. The molecule has 2 aromatic heterocycles. The quantitative estimate of drug-likeness (QED) is 0.355. The molecule has 0 fully saturated rings. The van der Waals surface area contributed by atoms with Gasteiger partial charge in [0.25, 0.3) is 0 Å². The zero-order valence-electron chi connectivity index (χ0n) is 16.8. The van der Waals surface area contributed by atoms with Crippen LogP contribution in [0.1, 0.15) is 21.7 Å². The van der Waals surface area contributed by atoms with Crippen molar-refractivity contribution in [3.05, 3.63) is 53.6 Å². The maximum atomic E-state index is 12.8. The van der Waals surface area contributed by atoms with Gasteiger partial charge in [0.15, 0.2) is 10.9 Å². The van der Waals surface area contributed by atoms with Gasteiger partial charge in [-0.15, -0.1) is 10.2 Å². The predicted molar refractivity (Wildman–Crippen MR) is 109 cm³/mol. The summed E-state index contributed by atoms with van der Waals surface area (Å²) in [5.74, 6) is 0.275. The number of carbonyl (C=O) groups is 1. The van der Waals surface area contributed by atoms with Crippen molar-refractivity contribution in [3.63, 3.8) is 0 Å². The smallest absolute Gasteiger partial charge is 0.387 e. The number of halogens is 2. The lowest BCUT2D eigenvalue weighted by Crippen LogP contribution is -2.08. The Morgan fingerprint density at radius 2 is 1.97 bits per heavy atom. The standard InChI is InChI=1S/C20H22F2N4O3S/c1-13-10-17(18(27)11-30-20-24-23-12-25(20)8-9-28-3)14(2)26(13)15-4-6-16(7-5-15)29-19(21)22/h4-7,10,12,19H,8-9,11H2,1-3H3.